The molecule has 24 heavy (non-hydrogen) atoms. The monoisotopic (exact) mass is 358 g/mol. The van der Waals surface area contributed by atoms with Gasteiger partial charge in [-0.2, -0.15) is 0 Å². The standard InChI is InChI=1S/C18H15ClN2O2S/c1-10-3-6-13(7-4-10)21-16(22)11(2)24-18(21)14-9-12(19)5-8-15(14)20-17(18)23/h3-9,11H,1-2H3,(H,20,23)/t11-,18+/m0/s1. The van der Waals surface area contributed by atoms with Crippen molar-refractivity contribution in [1.82, 2.24) is 0 Å². The van der Waals surface area contributed by atoms with E-state index in [1.807, 2.05) is 38.1 Å². The van der Waals surface area contributed by atoms with Crippen LogP contribution in [0.2, 0.25) is 5.02 Å². The lowest BCUT2D eigenvalue weighted by atomic mass is 10.0. The van der Waals surface area contributed by atoms with Gasteiger partial charge < -0.3 is 5.32 Å². The fraction of sp³-hybridized carbons (Fsp3) is 0.222. The molecule has 0 aliphatic carbocycles. The average Bonchev–Trinajstić information content (AvgIpc) is 2.97. The molecule has 0 radical (unpaired) electrons. The second-order valence-electron chi connectivity index (χ2n) is 6.06. The summed E-state index contributed by atoms with van der Waals surface area (Å²) >= 11 is 7.52. The fourth-order valence-electron chi connectivity index (χ4n) is 3.27. The number of carbonyl (C=O) groups is 2. The van der Waals surface area contributed by atoms with Crippen LogP contribution in [0.3, 0.4) is 0 Å². The smallest absolute Gasteiger partial charge is 0.266 e. The predicted molar refractivity (Wildman–Crippen MR) is 97.5 cm³/mol. The van der Waals surface area contributed by atoms with Crippen LogP contribution >= 0.6 is 23.4 Å². The summed E-state index contributed by atoms with van der Waals surface area (Å²) in [6.07, 6.45) is 0. The summed E-state index contributed by atoms with van der Waals surface area (Å²) in [6, 6.07) is 12.9. The molecule has 122 valence electrons. The zero-order valence-corrected chi connectivity index (χ0v) is 14.7. The number of hydrogen-bond donors (Lipinski definition) is 1. The SMILES string of the molecule is Cc1ccc(N2C(=O)[C@H](C)S[C@]23C(=O)Nc2ccc(Cl)cc23)cc1. The number of carbonyl (C=O) groups excluding carboxylic acids is 2. The highest BCUT2D eigenvalue weighted by atomic mass is 35.5. The number of nitrogens with zero attached hydrogens (tertiary/aromatic N) is 1. The van der Waals surface area contributed by atoms with Crippen molar-refractivity contribution >= 4 is 46.6 Å². The Kier molecular flexibility index (Phi) is 3.41. The van der Waals surface area contributed by atoms with Gasteiger partial charge in [-0.15, -0.1) is 11.8 Å². The molecule has 0 bridgehead atoms. The molecule has 2 atom stereocenters. The van der Waals surface area contributed by atoms with Crippen molar-refractivity contribution < 1.29 is 9.59 Å². The van der Waals surface area contributed by atoms with Crippen molar-refractivity contribution in [3.05, 3.63) is 58.6 Å². The Bertz CT molecular complexity index is 868. The van der Waals surface area contributed by atoms with E-state index in [9.17, 15) is 9.59 Å². The van der Waals surface area contributed by atoms with Crippen LogP contribution < -0.4 is 10.2 Å². The largest absolute Gasteiger partial charge is 0.323 e. The topological polar surface area (TPSA) is 49.4 Å². The van der Waals surface area contributed by atoms with E-state index in [-0.39, 0.29) is 17.1 Å². The third-order valence-corrected chi connectivity index (χ3v) is 6.14. The highest BCUT2D eigenvalue weighted by Crippen LogP contribution is 2.56. The first-order chi connectivity index (χ1) is 11.4. The third kappa shape index (κ3) is 2.01. The lowest BCUT2D eigenvalue weighted by molar-refractivity contribution is -0.122. The minimum Gasteiger partial charge on any atom is -0.323 e. The summed E-state index contributed by atoms with van der Waals surface area (Å²) in [6.45, 7) is 3.82. The summed E-state index contributed by atoms with van der Waals surface area (Å²) in [4.78, 5) is 26.3. The van der Waals surface area contributed by atoms with Crippen LogP contribution in [-0.2, 0) is 14.5 Å². The molecule has 1 fully saturated rings. The van der Waals surface area contributed by atoms with E-state index in [0.29, 0.717) is 16.4 Å². The summed E-state index contributed by atoms with van der Waals surface area (Å²) < 4.78 is 0. The van der Waals surface area contributed by atoms with Gasteiger partial charge in [-0.3, -0.25) is 14.5 Å². The molecule has 1 spiro atoms. The molecular formula is C18H15ClN2O2S. The normalized spacial score (nSPS) is 25.3. The van der Waals surface area contributed by atoms with E-state index in [0.717, 1.165) is 11.1 Å². The van der Waals surface area contributed by atoms with E-state index < -0.39 is 4.87 Å². The Labute approximate surface area is 149 Å². The van der Waals surface area contributed by atoms with Crippen molar-refractivity contribution in [3.8, 4) is 0 Å². The molecule has 0 unspecified atom stereocenters. The molecule has 4 nitrogen and oxygen atoms in total. The Hall–Kier alpha value is -1.98. The summed E-state index contributed by atoms with van der Waals surface area (Å²) in [7, 11) is 0. The number of aryl methyl sites for hydroxylation is 1. The quantitative estimate of drug-likeness (QED) is 0.840. The van der Waals surface area contributed by atoms with Gasteiger partial charge >= 0.3 is 0 Å². The van der Waals surface area contributed by atoms with Crippen LogP contribution in [0.1, 0.15) is 18.1 Å². The average molecular weight is 359 g/mol. The van der Waals surface area contributed by atoms with E-state index in [2.05, 4.69) is 5.32 Å². The van der Waals surface area contributed by atoms with Gasteiger partial charge in [0.15, 0.2) is 0 Å². The van der Waals surface area contributed by atoms with Crippen molar-refractivity contribution in [2.24, 2.45) is 0 Å². The number of amides is 2. The van der Waals surface area contributed by atoms with Crippen LogP contribution in [0, 0.1) is 6.92 Å². The summed E-state index contributed by atoms with van der Waals surface area (Å²) in [5.74, 6) is -0.283. The first-order valence-electron chi connectivity index (χ1n) is 7.63. The molecule has 1 N–H and O–H groups in total. The first-order valence-corrected chi connectivity index (χ1v) is 8.89. The number of halogens is 1. The second kappa shape index (κ2) is 5.26. The number of thioether (sulfide) groups is 1. The highest BCUT2D eigenvalue weighted by molar-refractivity contribution is 8.03. The third-order valence-electron chi connectivity index (χ3n) is 4.43. The highest BCUT2D eigenvalue weighted by Gasteiger charge is 2.60. The van der Waals surface area contributed by atoms with Gasteiger partial charge in [0.05, 0.1) is 5.25 Å². The Morgan fingerprint density at radius 3 is 2.58 bits per heavy atom. The minimum absolute atomic E-state index is 0.0770. The van der Waals surface area contributed by atoms with Gasteiger partial charge in [0.1, 0.15) is 0 Å². The summed E-state index contributed by atoms with van der Waals surface area (Å²) in [5.41, 5.74) is 3.25. The molecule has 4 rings (SSSR count). The van der Waals surface area contributed by atoms with Gasteiger partial charge in [-0.25, -0.2) is 0 Å². The molecule has 2 aliphatic rings. The van der Waals surface area contributed by atoms with Gasteiger partial charge in [0, 0.05) is 22.0 Å². The minimum atomic E-state index is -1.11. The number of fused-ring (bicyclic) bond motifs is 2. The number of rotatable bonds is 1. The van der Waals surface area contributed by atoms with E-state index >= 15 is 0 Å². The van der Waals surface area contributed by atoms with Crippen LogP contribution in [0.4, 0.5) is 11.4 Å². The lowest BCUT2D eigenvalue weighted by Gasteiger charge is -2.32. The van der Waals surface area contributed by atoms with Gasteiger partial charge in [-0.05, 0) is 44.2 Å². The maximum absolute atomic E-state index is 12.9. The van der Waals surface area contributed by atoms with Crippen LogP contribution in [0.5, 0.6) is 0 Å². The fourth-order valence-corrected chi connectivity index (χ4v) is 4.92. The zero-order valence-electron chi connectivity index (χ0n) is 13.2. The van der Waals surface area contributed by atoms with Crippen molar-refractivity contribution in [3.63, 3.8) is 0 Å². The van der Waals surface area contributed by atoms with Crippen molar-refractivity contribution in [2.45, 2.75) is 24.0 Å². The van der Waals surface area contributed by atoms with Crippen LogP contribution in [-0.4, -0.2) is 17.1 Å². The Balaban J connectivity index is 1.95. The van der Waals surface area contributed by atoms with E-state index in [4.69, 9.17) is 11.6 Å². The van der Waals surface area contributed by atoms with Crippen molar-refractivity contribution in [1.29, 1.82) is 0 Å². The Morgan fingerprint density at radius 2 is 1.88 bits per heavy atom. The summed E-state index contributed by atoms with van der Waals surface area (Å²) in [5, 5.41) is 3.12. The predicted octanol–water partition coefficient (Wildman–Crippen LogP) is 3.92. The number of nitrogens with one attached hydrogen (secondary N) is 1. The molecule has 2 aromatic rings. The Morgan fingerprint density at radius 1 is 1.17 bits per heavy atom. The maximum atomic E-state index is 12.9. The van der Waals surface area contributed by atoms with Gasteiger partial charge in [0.25, 0.3) is 5.91 Å². The molecule has 2 amide bonds. The van der Waals surface area contributed by atoms with E-state index in [1.54, 1.807) is 23.1 Å². The zero-order chi connectivity index (χ0) is 17.1. The number of anilines is 2. The van der Waals surface area contributed by atoms with Crippen LogP contribution in [0.15, 0.2) is 42.5 Å². The van der Waals surface area contributed by atoms with Gasteiger partial charge in [-0.1, -0.05) is 29.3 Å². The first kappa shape index (κ1) is 15.5. The molecule has 0 saturated carbocycles. The molecule has 6 heteroatoms. The molecule has 2 aliphatic heterocycles. The second-order valence-corrected chi connectivity index (χ2v) is 8.03. The molecule has 2 heterocycles. The molecule has 2 aromatic carbocycles. The van der Waals surface area contributed by atoms with Crippen molar-refractivity contribution in [2.75, 3.05) is 10.2 Å². The molecular weight excluding hydrogens is 344 g/mol. The number of benzene rings is 2. The number of hydrogen-bond acceptors (Lipinski definition) is 3. The lowest BCUT2D eigenvalue weighted by Crippen LogP contribution is -2.47. The molecule has 1 saturated heterocycles. The maximum Gasteiger partial charge on any atom is 0.266 e. The van der Waals surface area contributed by atoms with Gasteiger partial charge in [0.2, 0.25) is 10.8 Å². The molecule has 0 aromatic heterocycles. The van der Waals surface area contributed by atoms with E-state index in [1.165, 1.54) is 11.8 Å². The van der Waals surface area contributed by atoms with Crippen LogP contribution in [0.25, 0.3) is 0 Å².